The third kappa shape index (κ3) is 3.83. The van der Waals surface area contributed by atoms with Gasteiger partial charge in [0.15, 0.2) is 11.5 Å². The molecule has 0 fully saturated rings. The van der Waals surface area contributed by atoms with Crippen LogP contribution in [0.1, 0.15) is 19.4 Å². The van der Waals surface area contributed by atoms with E-state index in [0.717, 1.165) is 11.4 Å². The van der Waals surface area contributed by atoms with Gasteiger partial charge in [-0.15, -0.1) is 0 Å². The van der Waals surface area contributed by atoms with Gasteiger partial charge in [-0.3, -0.25) is 14.5 Å². The predicted molar refractivity (Wildman–Crippen MR) is 118 cm³/mol. The molecule has 0 radical (unpaired) electrons. The van der Waals surface area contributed by atoms with E-state index in [0.29, 0.717) is 22.6 Å². The fourth-order valence-corrected chi connectivity index (χ4v) is 3.38. The van der Waals surface area contributed by atoms with Crippen molar-refractivity contribution in [2.75, 3.05) is 38.5 Å². The smallest absolute Gasteiger partial charge is 0.278 e. The molecule has 0 unspecified atom stereocenters. The normalized spacial score (nSPS) is 13.9. The molecule has 1 aliphatic heterocycles. The van der Waals surface area contributed by atoms with Gasteiger partial charge in [-0.25, -0.2) is 0 Å². The van der Waals surface area contributed by atoms with E-state index in [4.69, 9.17) is 9.47 Å². The van der Waals surface area contributed by atoms with Crippen molar-refractivity contribution >= 4 is 28.8 Å². The van der Waals surface area contributed by atoms with Crippen LogP contribution in [0.4, 0.5) is 11.4 Å². The third-order valence-electron chi connectivity index (χ3n) is 4.96. The lowest BCUT2D eigenvalue weighted by Gasteiger charge is -2.19. The van der Waals surface area contributed by atoms with Crippen molar-refractivity contribution in [3.05, 3.63) is 53.7 Å². The van der Waals surface area contributed by atoms with Crippen LogP contribution in [0.2, 0.25) is 0 Å². The molecule has 0 aliphatic carbocycles. The van der Waals surface area contributed by atoms with Gasteiger partial charge < -0.3 is 19.7 Å². The van der Waals surface area contributed by atoms with Gasteiger partial charge in [0.05, 0.1) is 19.8 Å². The molecule has 1 N–H and O–H groups in total. The monoisotopic (exact) mass is 409 g/mol. The summed E-state index contributed by atoms with van der Waals surface area (Å²) in [7, 11) is 7.00. The highest BCUT2D eigenvalue weighted by Crippen LogP contribution is 2.36. The topological polar surface area (TPSA) is 71.1 Å². The SMILES string of the molecule is COc1ccc(C2=C(Nc3ccc(N(C)C)cc3)C(=O)N(C(C)C)C2=O)cc1OC. The minimum Gasteiger partial charge on any atom is -0.493 e. The Kier molecular flexibility index (Phi) is 6.01. The largest absolute Gasteiger partial charge is 0.493 e. The first-order valence-electron chi connectivity index (χ1n) is 9.67. The van der Waals surface area contributed by atoms with E-state index in [1.165, 1.54) is 12.0 Å². The van der Waals surface area contributed by atoms with Gasteiger partial charge in [0.25, 0.3) is 11.8 Å². The van der Waals surface area contributed by atoms with E-state index in [-0.39, 0.29) is 23.6 Å². The number of hydrogen-bond donors (Lipinski definition) is 1. The summed E-state index contributed by atoms with van der Waals surface area (Å²) in [4.78, 5) is 29.6. The van der Waals surface area contributed by atoms with E-state index in [2.05, 4.69) is 5.32 Å². The van der Waals surface area contributed by atoms with Crippen LogP contribution in [0, 0.1) is 0 Å². The molecule has 1 aliphatic rings. The molecule has 30 heavy (non-hydrogen) atoms. The highest BCUT2D eigenvalue weighted by atomic mass is 16.5. The molecular formula is C23H27N3O4. The minimum atomic E-state index is -0.350. The third-order valence-corrected chi connectivity index (χ3v) is 4.96. The van der Waals surface area contributed by atoms with Crippen LogP contribution in [0.15, 0.2) is 48.2 Å². The number of nitrogens with one attached hydrogen (secondary N) is 1. The molecule has 0 atom stereocenters. The number of benzene rings is 2. The van der Waals surface area contributed by atoms with Gasteiger partial charge in [-0.2, -0.15) is 0 Å². The molecule has 7 nitrogen and oxygen atoms in total. The van der Waals surface area contributed by atoms with Gasteiger partial charge in [0, 0.05) is 31.5 Å². The summed E-state index contributed by atoms with van der Waals surface area (Å²) >= 11 is 0. The molecule has 2 amide bonds. The molecule has 1 heterocycles. The number of carbonyl (C=O) groups excluding carboxylic acids is 2. The van der Waals surface area contributed by atoms with Crippen LogP contribution in [0.25, 0.3) is 5.57 Å². The number of imide groups is 1. The van der Waals surface area contributed by atoms with Crippen molar-refractivity contribution in [3.8, 4) is 11.5 Å². The maximum absolute atomic E-state index is 13.2. The van der Waals surface area contributed by atoms with Crippen LogP contribution in [-0.2, 0) is 9.59 Å². The van der Waals surface area contributed by atoms with Crippen LogP contribution >= 0.6 is 0 Å². The van der Waals surface area contributed by atoms with Gasteiger partial charge in [0.2, 0.25) is 0 Å². The Morgan fingerprint density at radius 2 is 1.53 bits per heavy atom. The number of rotatable bonds is 7. The summed E-state index contributed by atoms with van der Waals surface area (Å²) in [6, 6.07) is 12.6. The summed E-state index contributed by atoms with van der Waals surface area (Å²) in [5, 5.41) is 3.16. The molecule has 0 saturated heterocycles. The number of amides is 2. The fraction of sp³-hybridized carbons (Fsp3) is 0.304. The molecule has 7 heteroatoms. The zero-order valence-electron chi connectivity index (χ0n) is 18.1. The molecule has 3 rings (SSSR count). The summed E-state index contributed by atoms with van der Waals surface area (Å²) in [6.07, 6.45) is 0. The van der Waals surface area contributed by atoms with Gasteiger partial charge in [0.1, 0.15) is 5.70 Å². The van der Waals surface area contributed by atoms with Crippen molar-refractivity contribution < 1.29 is 19.1 Å². The second kappa shape index (κ2) is 8.49. The lowest BCUT2D eigenvalue weighted by molar-refractivity contribution is -0.138. The Labute approximate surface area is 176 Å². The van der Waals surface area contributed by atoms with E-state index >= 15 is 0 Å². The number of hydrogen-bond acceptors (Lipinski definition) is 6. The molecular weight excluding hydrogens is 382 g/mol. The van der Waals surface area contributed by atoms with E-state index < -0.39 is 0 Å². The van der Waals surface area contributed by atoms with Crippen molar-refractivity contribution in [1.82, 2.24) is 4.90 Å². The highest BCUT2D eigenvalue weighted by molar-refractivity contribution is 6.36. The lowest BCUT2D eigenvalue weighted by Crippen LogP contribution is -2.38. The predicted octanol–water partition coefficient (Wildman–Crippen LogP) is 3.37. The van der Waals surface area contributed by atoms with E-state index in [9.17, 15) is 9.59 Å². The van der Waals surface area contributed by atoms with Gasteiger partial charge >= 0.3 is 0 Å². The minimum absolute atomic E-state index is 0.249. The molecule has 0 aromatic heterocycles. The molecule has 2 aromatic rings. The van der Waals surface area contributed by atoms with Crippen LogP contribution in [0.5, 0.6) is 11.5 Å². The Bertz CT molecular complexity index is 994. The second-order valence-corrected chi connectivity index (χ2v) is 7.46. The van der Waals surface area contributed by atoms with Crippen molar-refractivity contribution in [2.24, 2.45) is 0 Å². The summed E-state index contributed by atoms with van der Waals surface area (Å²) < 4.78 is 10.7. The standard InChI is InChI=1S/C23H27N3O4/c1-14(2)26-22(27)20(15-7-12-18(29-5)19(13-15)30-6)21(23(26)28)24-16-8-10-17(11-9-16)25(3)4/h7-14,24H,1-6H3. The maximum Gasteiger partial charge on any atom is 0.278 e. The molecule has 0 spiro atoms. The zero-order valence-corrected chi connectivity index (χ0v) is 18.1. The average molecular weight is 409 g/mol. The van der Waals surface area contributed by atoms with E-state index in [1.54, 1.807) is 25.3 Å². The molecule has 0 saturated carbocycles. The lowest BCUT2D eigenvalue weighted by atomic mass is 10.0. The van der Waals surface area contributed by atoms with Crippen LogP contribution in [0.3, 0.4) is 0 Å². The van der Waals surface area contributed by atoms with Crippen molar-refractivity contribution in [3.63, 3.8) is 0 Å². The number of ether oxygens (including phenoxy) is 2. The maximum atomic E-state index is 13.2. The second-order valence-electron chi connectivity index (χ2n) is 7.46. The number of anilines is 2. The first kappa shape index (κ1) is 21.2. The summed E-state index contributed by atoms with van der Waals surface area (Å²) in [5.41, 5.74) is 2.90. The van der Waals surface area contributed by atoms with Gasteiger partial charge in [-0.05, 0) is 55.8 Å². The Balaban J connectivity index is 2.09. The molecule has 158 valence electrons. The highest BCUT2D eigenvalue weighted by Gasteiger charge is 2.40. The zero-order chi connectivity index (χ0) is 22.0. The quantitative estimate of drug-likeness (QED) is 0.707. The first-order chi connectivity index (χ1) is 14.3. The van der Waals surface area contributed by atoms with Crippen molar-refractivity contribution in [1.29, 1.82) is 0 Å². The first-order valence-corrected chi connectivity index (χ1v) is 9.67. The Hall–Kier alpha value is -3.48. The van der Waals surface area contributed by atoms with Gasteiger partial charge in [-0.1, -0.05) is 6.07 Å². The summed E-state index contributed by atoms with van der Waals surface area (Å²) in [6.45, 7) is 3.63. The fourth-order valence-electron chi connectivity index (χ4n) is 3.38. The summed E-state index contributed by atoms with van der Waals surface area (Å²) in [5.74, 6) is 0.347. The molecule has 2 aromatic carbocycles. The van der Waals surface area contributed by atoms with Crippen LogP contribution < -0.4 is 19.7 Å². The Morgan fingerprint density at radius 3 is 2.07 bits per heavy atom. The average Bonchev–Trinajstić information content (AvgIpc) is 2.97. The van der Waals surface area contributed by atoms with Crippen molar-refractivity contribution in [2.45, 2.75) is 19.9 Å². The number of carbonyl (C=O) groups is 2. The van der Waals surface area contributed by atoms with Crippen LogP contribution in [-0.4, -0.2) is 51.1 Å². The Morgan fingerprint density at radius 1 is 0.900 bits per heavy atom. The number of methoxy groups -OCH3 is 2. The molecule has 0 bridgehead atoms. The van der Waals surface area contributed by atoms with E-state index in [1.807, 2.05) is 57.1 Å². The number of nitrogens with zero attached hydrogens (tertiary/aromatic N) is 2.